The van der Waals surface area contributed by atoms with Gasteiger partial charge in [-0.15, -0.1) is 0 Å². The Morgan fingerprint density at radius 1 is 1.47 bits per heavy atom. The summed E-state index contributed by atoms with van der Waals surface area (Å²) in [6.45, 7) is 2.25. The van der Waals surface area contributed by atoms with Gasteiger partial charge in [0.15, 0.2) is 11.5 Å². The zero-order valence-corrected chi connectivity index (χ0v) is 10.8. The molecule has 0 aliphatic carbocycles. The van der Waals surface area contributed by atoms with Crippen LogP contribution in [0, 0.1) is 0 Å². The van der Waals surface area contributed by atoms with Crippen LogP contribution in [0.3, 0.4) is 0 Å². The van der Waals surface area contributed by atoms with Gasteiger partial charge in [0.1, 0.15) is 5.75 Å². The average Bonchev–Trinajstić information content (AvgIpc) is 2.75. The summed E-state index contributed by atoms with van der Waals surface area (Å²) in [7, 11) is 1.43. The zero-order chi connectivity index (χ0) is 13.9. The number of ether oxygens (including phenoxy) is 4. The van der Waals surface area contributed by atoms with Gasteiger partial charge >= 0.3 is 6.16 Å². The monoisotopic (exact) mass is 268 g/mol. The van der Waals surface area contributed by atoms with Crippen LogP contribution < -0.4 is 9.47 Å². The number of aromatic hydroxyl groups is 1. The number of phenolic OH excluding ortho intramolecular Hbond substituents is 1. The fourth-order valence-electron chi connectivity index (χ4n) is 1.86. The highest BCUT2D eigenvalue weighted by Gasteiger charge is 2.34. The fourth-order valence-corrected chi connectivity index (χ4v) is 1.86. The molecule has 6 nitrogen and oxygen atoms in total. The Kier molecular flexibility index (Phi) is 3.80. The summed E-state index contributed by atoms with van der Waals surface area (Å²) in [6, 6.07) is 4.27. The highest BCUT2D eigenvalue weighted by molar-refractivity contribution is 5.65. The summed E-state index contributed by atoms with van der Waals surface area (Å²) in [5, 5.41) is 9.56. The van der Waals surface area contributed by atoms with Crippen molar-refractivity contribution >= 4 is 6.16 Å². The van der Waals surface area contributed by atoms with Gasteiger partial charge in [0.05, 0.1) is 13.7 Å². The van der Waals surface area contributed by atoms with Gasteiger partial charge in [-0.3, -0.25) is 0 Å². The van der Waals surface area contributed by atoms with Crippen molar-refractivity contribution < 1.29 is 28.8 Å². The quantitative estimate of drug-likeness (QED) is 0.670. The lowest BCUT2D eigenvalue weighted by Crippen LogP contribution is -2.31. The summed E-state index contributed by atoms with van der Waals surface area (Å²) in [5.74, 6) is -0.571. The molecule has 0 bridgehead atoms. The maximum Gasteiger partial charge on any atom is 0.516 e. The number of hydrogen-bond donors (Lipinski definition) is 1. The standard InChI is InChI=1S/C13H16O6/c1-13(6-3-7-17-13)19-12(15)18-9-4-5-11(16-2)10(14)8-9/h4-5,8,14H,3,6-7H2,1-2H3. The van der Waals surface area contributed by atoms with Gasteiger partial charge in [-0.25, -0.2) is 4.79 Å². The minimum absolute atomic E-state index is 0.115. The first-order valence-corrected chi connectivity index (χ1v) is 5.94. The second kappa shape index (κ2) is 5.36. The van der Waals surface area contributed by atoms with Gasteiger partial charge in [0.2, 0.25) is 5.79 Å². The third-order valence-corrected chi connectivity index (χ3v) is 2.83. The van der Waals surface area contributed by atoms with Crippen LogP contribution >= 0.6 is 0 Å². The molecule has 19 heavy (non-hydrogen) atoms. The average molecular weight is 268 g/mol. The lowest BCUT2D eigenvalue weighted by molar-refractivity contribution is -0.165. The van der Waals surface area contributed by atoms with Crippen LogP contribution in [0.1, 0.15) is 19.8 Å². The van der Waals surface area contributed by atoms with E-state index in [1.807, 2.05) is 0 Å². The van der Waals surface area contributed by atoms with E-state index in [1.165, 1.54) is 25.3 Å². The Morgan fingerprint density at radius 2 is 2.26 bits per heavy atom. The van der Waals surface area contributed by atoms with Crippen molar-refractivity contribution in [3.8, 4) is 17.2 Å². The molecule has 0 aromatic heterocycles. The molecule has 0 amide bonds. The van der Waals surface area contributed by atoms with Gasteiger partial charge in [-0.2, -0.15) is 0 Å². The number of benzene rings is 1. The van der Waals surface area contributed by atoms with E-state index in [1.54, 1.807) is 6.92 Å². The smallest absolute Gasteiger partial charge is 0.504 e. The van der Waals surface area contributed by atoms with E-state index in [0.717, 1.165) is 6.42 Å². The Labute approximate surface area is 110 Å². The molecule has 0 spiro atoms. The maximum atomic E-state index is 11.6. The number of hydrogen-bond acceptors (Lipinski definition) is 6. The second-order valence-electron chi connectivity index (χ2n) is 4.37. The second-order valence-corrected chi connectivity index (χ2v) is 4.37. The Bertz CT molecular complexity index is 464. The van der Waals surface area contributed by atoms with Gasteiger partial charge < -0.3 is 24.1 Å². The van der Waals surface area contributed by atoms with Crippen LogP contribution in [0.5, 0.6) is 17.2 Å². The topological polar surface area (TPSA) is 74.2 Å². The van der Waals surface area contributed by atoms with Gasteiger partial charge in [-0.1, -0.05) is 0 Å². The van der Waals surface area contributed by atoms with Crippen molar-refractivity contribution in [2.75, 3.05) is 13.7 Å². The molecule has 0 radical (unpaired) electrons. The molecule has 1 aromatic rings. The number of carbonyl (C=O) groups excluding carboxylic acids is 1. The molecule has 1 fully saturated rings. The van der Waals surface area contributed by atoms with Crippen LogP contribution in [0.25, 0.3) is 0 Å². The molecular formula is C13H16O6. The third kappa shape index (κ3) is 3.29. The van der Waals surface area contributed by atoms with E-state index < -0.39 is 11.9 Å². The van der Waals surface area contributed by atoms with Crippen LogP contribution in [-0.2, 0) is 9.47 Å². The predicted molar refractivity (Wildman–Crippen MR) is 65.4 cm³/mol. The SMILES string of the molecule is COc1ccc(OC(=O)OC2(C)CCCO2)cc1O. The fraction of sp³-hybridized carbons (Fsp3) is 0.462. The van der Waals surface area contributed by atoms with Crippen molar-refractivity contribution in [2.24, 2.45) is 0 Å². The molecular weight excluding hydrogens is 252 g/mol. The highest BCUT2D eigenvalue weighted by atomic mass is 16.8. The van der Waals surface area contributed by atoms with E-state index in [0.29, 0.717) is 18.8 Å². The first-order chi connectivity index (χ1) is 9.02. The number of carbonyl (C=O) groups is 1. The first-order valence-electron chi connectivity index (χ1n) is 5.94. The predicted octanol–water partition coefficient (Wildman–Crippen LogP) is 2.44. The molecule has 1 N–H and O–H groups in total. The Hall–Kier alpha value is -1.95. The van der Waals surface area contributed by atoms with Crippen molar-refractivity contribution in [3.63, 3.8) is 0 Å². The van der Waals surface area contributed by atoms with Crippen LogP contribution in [0.2, 0.25) is 0 Å². The third-order valence-electron chi connectivity index (χ3n) is 2.83. The number of rotatable bonds is 3. The van der Waals surface area contributed by atoms with Crippen LogP contribution in [0.15, 0.2) is 18.2 Å². The largest absolute Gasteiger partial charge is 0.516 e. The zero-order valence-electron chi connectivity index (χ0n) is 10.8. The molecule has 1 heterocycles. The first kappa shape index (κ1) is 13.5. The summed E-state index contributed by atoms with van der Waals surface area (Å²) >= 11 is 0. The molecule has 1 atom stereocenters. The van der Waals surface area contributed by atoms with E-state index in [2.05, 4.69) is 0 Å². The summed E-state index contributed by atoms with van der Waals surface area (Å²) < 4.78 is 20.3. The molecule has 1 aliphatic heterocycles. The Balaban J connectivity index is 1.97. The lowest BCUT2D eigenvalue weighted by atomic mass is 10.2. The summed E-state index contributed by atoms with van der Waals surface area (Å²) in [5.41, 5.74) is 0. The molecule has 1 aromatic carbocycles. The maximum absolute atomic E-state index is 11.6. The molecule has 1 aliphatic rings. The van der Waals surface area contributed by atoms with Crippen LogP contribution in [0.4, 0.5) is 4.79 Å². The number of methoxy groups -OCH3 is 1. The molecule has 2 rings (SSSR count). The normalized spacial score (nSPS) is 22.0. The molecule has 0 saturated carbocycles. The van der Waals surface area contributed by atoms with Gasteiger partial charge in [0, 0.05) is 19.4 Å². The van der Waals surface area contributed by atoms with E-state index in [-0.39, 0.29) is 11.5 Å². The lowest BCUT2D eigenvalue weighted by Gasteiger charge is -2.22. The Morgan fingerprint density at radius 3 is 2.84 bits per heavy atom. The minimum atomic E-state index is -0.925. The molecule has 6 heteroatoms. The highest BCUT2D eigenvalue weighted by Crippen LogP contribution is 2.31. The van der Waals surface area contributed by atoms with Crippen molar-refractivity contribution in [3.05, 3.63) is 18.2 Å². The molecule has 1 unspecified atom stereocenters. The minimum Gasteiger partial charge on any atom is -0.504 e. The van der Waals surface area contributed by atoms with Crippen molar-refractivity contribution in [2.45, 2.75) is 25.6 Å². The van der Waals surface area contributed by atoms with Gasteiger partial charge in [-0.05, 0) is 18.6 Å². The van der Waals surface area contributed by atoms with E-state index in [9.17, 15) is 9.90 Å². The van der Waals surface area contributed by atoms with Crippen molar-refractivity contribution in [1.29, 1.82) is 0 Å². The van der Waals surface area contributed by atoms with E-state index >= 15 is 0 Å². The molecule has 1 saturated heterocycles. The summed E-state index contributed by atoms with van der Waals surface area (Å²) in [6.07, 6.45) is 0.609. The number of phenols is 1. The molecule has 104 valence electrons. The summed E-state index contributed by atoms with van der Waals surface area (Å²) in [4.78, 5) is 11.6. The van der Waals surface area contributed by atoms with Gasteiger partial charge in [0.25, 0.3) is 0 Å². The van der Waals surface area contributed by atoms with E-state index in [4.69, 9.17) is 18.9 Å². The van der Waals surface area contributed by atoms with Crippen molar-refractivity contribution in [1.82, 2.24) is 0 Å². The van der Waals surface area contributed by atoms with Crippen LogP contribution in [-0.4, -0.2) is 30.8 Å².